The standard InChI is InChI=1S/C30H48O/c1-19(2)21-9-10-23-25(21,4)15-16-28(7)24-12-13-26(5)20(3)22-11-14-30(26,31-22)29(24,8)18-17-27(23,28)6/h19,21-24H,3,9-18H2,1-2,4-8H3/t21-,22+,23?,24?,25-,26-,27+,28-,29-,30+/m1/s1. The zero-order valence-corrected chi connectivity index (χ0v) is 21.6. The maximum absolute atomic E-state index is 7.06. The van der Waals surface area contributed by atoms with E-state index in [1.54, 1.807) is 0 Å². The summed E-state index contributed by atoms with van der Waals surface area (Å²) in [5.41, 5.74) is 3.55. The summed E-state index contributed by atoms with van der Waals surface area (Å²) in [6.45, 7) is 23.0. The number of ether oxygens (including phenoxy) is 1. The fourth-order valence-electron chi connectivity index (χ4n) is 12.3. The molecule has 174 valence electrons. The van der Waals surface area contributed by atoms with Crippen molar-refractivity contribution in [2.24, 2.45) is 50.7 Å². The van der Waals surface area contributed by atoms with Crippen LogP contribution in [0.2, 0.25) is 0 Å². The third-order valence-corrected chi connectivity index (χ3v) is 14.1. The van der Waals surface area contributed by atoms with Crippen LogP contribution in [0.5, 0.6) is 0 Å². The van der Waals surface area contributed by atoms with Crippen molar-refractivity contribution in [3.05, 3.63) is 12.2 Å². The van der Waals surface area contributed by atoms with Crippen molar-refractivity contribution in [2.75, 3.05) is 0 Å². The maximum Gasteiger partial charge on any atom is 0.0838 e. The quantitative estimate of drug-likeness (QED) is 0.385. The number of hydrogen-bond acceptors (Lipinski definition) is 1. The summed E-state index contributed by atoms with van der Waals surface area (Å²) in [6.07, 6.45) is 14.2. The molecule has 6 rings (SSSR count). The van der Waals surface area contributed by atoms with E-state index in [1.807, 2.05) is 0 Å². The second kappa shape index (κ2) is 5.84. The maximum atomic E-state index is 7.06. The largest absolute Gasteiger partial charge is 0.366 e. The van der Waals surface area contributed by atoms with E-state index in [2.05, 4.69) is 55.0 Å². The Bertz CT molecular complexity index is 828. The van der Waals surface area contributed by atoms with Crippen molar-refractivity contribution in [2.45, 2.75) is 124 Å². The van der Waals surface area contributed by atoms with Crippen molar-refractivity contribution in [3.8, 4) is 0 Å². The van der Waals surface area contributed by atoms with E-state index in [1.165, 1.54) is 69.8 Å². The summed E-state index contributed by atoms with van der Waals surface area (Å²) in [6, 6.07) is 0. The molecule has 1 nitrogen and oxygen atoms in total. The van der Waals surface area contributed by atoms with Gasteiger partial charge in [-0.05, 0) is 110 Å². The van der Waals surface area contributed by atoms with Crippen LogP contribution in [0, 0.1) is 50.7 Å². The summed E-state index contributed by atoms with van der Waals surface area (Å²) >= 11 is 0. The molecule has 2 bridgehead atoms. The highest BCUT2D eigenvalue weighted by atomic mass is 16.5. The first-order valence-corrected chi connectivity index (χ1v) is 13.8. The summed E-state index contributed by atoms with van der Waals surface area (Å²) in [5.74, 6) is 3.48. The average Bonchev–Trinajstić information content (AvgIpc) is 3.36. The van der Waals surface area contributed by atoms with Gasteiger partial charge in [0.1, 0.15) is 0 Å². The van der Waals surface area contributed by atoms with E-state index in [0.717, 1.165) is 23.7 Å². The van der Waals surface area contributed by atoms with E-state index >= 15 is 0 Å². The van der Waals surface area contributed by atoms with E-state index in [9.17, 15) is 0 Å². The van der Waals surface area contributed by atoms with E-state index in [4.69, 9.17) is 4.74 Å². The van der Waals surface area contributed by atoms with Crippen molar-refractivity contribution in [1.29, 1.82) is 0 Å². The van der Waals surface area contributed by atoms with Crippen LogP contribution in [0.15, 0.2) is 12.2 Å². The lowest BCUT2D eigenvalue weighted by Gasteiger charge is -2.74. The van der Waals surface area contributed by atoms with Crippen molar-refractivity contribution >= 4 is 0 Å². The van der Waals surface area contributed by atoms with Crippen LogP contribution in [0.25, 0.3) is 0 Å². The molecule has 6 fully saturated rings. The normalized spacial score (nSPS) is 62.4. The van der Waals surface area contributed by atoms with Gasteiger partial charge < -0.3 is 4.74 Å². The lowest BCUT2D eigenvalue weighted by Crippen LogP contribution is -2.70. The van der Waals surface area contributed by atoms with Crippen LogP contribution in [-0.2, 0) is 4.74 Å². The van der Waals surface area contributed by atoms with Crippen molar-refractivity contribution < 1.29 is 4.74 Å². The molecule has 0 aromatic rings. The first-order chi connectivity index (χ1) is 14.4. The molecule has 1 spiro atoms. The van der Waals surface area contributed by atoms with Gasteiger partial charge in [-0.1, -0.05) is 55.0 Å². The van der Waals surface area contributed by atoms with Crippen LogP contribution < -0.4 is 0 Å². The predicted octanol–water partition coefficient (Wildman–Crippen LogP) is 8.19. The van der Waals surface area contributed by atoms with Gasteiger partial charge in [0.15, 0.2) is 0 Å². The lowest BCUT2D eigenvalue weighted by molar-refractivity contribution is -0.275. The third-order valence-electron chi connectivity index (χ3n) is 14.1. The van der Waals surface area contributed by atoms with Gasteiger partial charge in [0.05, 0.1) is 11.7 Å². The zero-order valence-electron chi connectivity index (χ0n) is 21.6. The lowest BCUT2D eigenvalue weighted by atomic mass is 9.31. The Labute approximate surface area is 192 Å². The van der Waals surface area contributed by atoms with Crippen molar-refractivity contribution in [1.82, 2.24) is 0 Å². The monoisotopic (exact) mass is 424 g/mol. The van der Waals surface area contributed by atoms with Crippen LogP contribution in [-0.4, -0.2) is 11.7 Å². The summed E-state index contributed by atoms with van der Waals surface area (Å²) < 4.78 is 7.06. The average molecular weight is 425 g/mol. The summed E-state index contributed by atoms with van der Waals surface area (Å²) in [4.78, 5) is 0. The highest BCUT2D eigenvalue weighted by molar-refractivity contribution is 5.37. The molecule has 0 radical (unpaired) electrons. The molecule has 2 unspecified atom stereocenters. The van der Waals surface area contributed by atoms with E-state index in [-0.39, 0.29) is 11.0 Å². The molecule has 10 atom stereocenters. The SMILES string of the molecule is C=C1[C@@H]2CC[C@]3(O2)[C@]1(C)CCC1[C@@]3(C)CC[C@@]2(C)C3CC[C@H](C(C)C)[C@@]3(C)CC[C@]12C. The second-order valence-corrected chi connectivity index (χ2v) is 14.7. The number of fused-ring (bicyclic) bond motifs is 6. The molecule has 1 heteroatoms. The Morgan fingerprint density at radius 1 is 0.742 bits per heavy atom. The fourth-order valence-corrected chi connectivity index (χ4v) is 12.3. The van der Waals surface area contributed by atoms with Gasteiger partial charge in [0.2, 0.25) is 0 Å². The first kappa shape index (κ1) is 21.2. The molecule has 4 saturated carbocycles. The smallest absolute Gasteiger partial charge is 0.0838 e. The molecule has 0 aromatic heterocycles. The summed E-state index contributed by atoms with van der Waals surface area (Å²) in [5, 5.41) is 0. The van der Waals surface area contributed by atoms with Gasteiger partial charge in [0.25, 0.3) is 0 Å². The van der Waals surface area contributed by atoms with Gasteiger partial charge in [-0.25, -0.2) is 0 Å². The van der Waals surface area contributed by atoms with Crippen LogP contribution in [0.4, 0.5) is 0 Å². The topological polar surface area (TPSA) is 9.23 Å². The van der Waals surface area contributed by atoms with Gasteiger partial charge in [-0.2, -0.15) is 0 Å². The molecule has 0 aromatic carbocycles. The minimum atomic E-state index is 0.0614. The van der Waals surface area contributed by atoms with Gasteiger partial charge in [0, 0.05) is 10.8 Å². The highest BCUT2D eigenvalue weighted by Gasteiger charge is 2.78. The van der Waals surface area contributed by atoms with Crippen molar-refractivity contribution in [3.63, 3.8) is 0 Å². The molecule has 2 heterocycles. The molecular formula is C30H48O. The molecular weight excluding hydrogens is 376 g/mol. The molecule has 2 aliphatic heterocycles. The Morgan fingerprint density at radius 2 is 1.39 bits per heavy atom. The third kappa shape index (κ3) is 2.00. The summed E-state index contributed by atoms with van der Waals surface area (Å²) in [7, 11) is 0. The van der Waals surface area contributed by atoms with Gasteiger partial charge in [-0.15, -0.1) is 0 Å². The minimum Gasteiger partial charge on any atom is -0.366 e. The van der Waals surface area contributed by atoms with Gasteiger partial charge >= 0.3 is 0 Å². The molecule has 0 amide bonds. The number of rotatable bonds is 1. The van der Waals surface area contributed by atoms with E-state index < -0.39 is 0 Å². The molecule has 2 saturated heterocycles. The minimum absolute atomic E-state index is 0.0614. The Balaban J connectivity index is 1.43. The van der Waals surface area contributed by atoms with Gasteiger partial charge in [-0.3, -0.25) is 0 Å². The number of hydrogen-bond donors (Lipinski definition) is 0. The van der Waals surface area contributed by atoms with Crippen LogP contribution in [0.3, 0.4) is 0 Å². The molecule has 0 N–H and O–H groups in total. The van der Waals surface area contributed by atoms with Crippen LogP contribution >= 0.6 is 0 Å². The second-order valence-electron chi connectivity index (χ2n) is 14.7. The highest BCUT2D eigenvalue weighted by Crippen LogP contribution is 2.81. The zero-order chi connectivity index (χ0) is 22.2. The Morgan fingerprint density at radius 3 is 2.10 bits per heavy atom. The first-order valence-electron chi connectivity index (χ1n) is 13.8. The van der Waals surface area contributed by atoms with E-state index in [0.29, 0.717) is 27.8 Å². The molecule has 4 aliphatic carbocycles. The molecule has 6 aliphatic rings. The Hall–Kier alpha value is -0.300. The Kier molecular flexibility index (Phi) is 4.01. The molecule has 31 heavy (non-hydrogen) atoms. The predicted molar refractivity (Wildman–Crippen MR) is 129 cm³/mol. The van der Waals surface area contributed by atoms with Crippen LogP contribution in [0.1, 0.15) is 113 Å². The fraction of sp³-hybridized carbons (Fsp3) is 0.933.